The average molecular weight is 449 g/mol. The van der Waals surface area contributed by atoms with Crippen LogP contribution in [0.2, 0.25) is 0 Å². The SMILES string of the molecule is CCOc1c2c(c(OCC=O)c3c1S/C(=C(/C#N)C=O)S3)S/C(=C(\C)C#N)S2. The highest BCUT2D eigenvalue weighted by Crippen LogP contribution is 2.68. The standard InChI is InChI=1S/C18H12N2O4S4/c1-3-23-11-13-15(26-17(25-13)9(2)6-19)12(24-5-4-21)16-14(11)27-18(28-16)10(7-20)8-22/h4,8H,3,5H2,1-2H3/b17-9+,18-10+. The first-order valence-electron chi connectivity index (χ1n) is 7.94. The number of nitriles is 2. The van der Waals surface area contributed by atoms with Crippen LogP contribution in [0.5, 0.6) is 11.5 Å². The zero-order valence-electron chi connectivity index (χ0n) is 14.7. The molecule has 10 heteroatoms. The first-order valence-corrected chi connectivity index (χ1v) is 11.2. The molecule has 0 aliphatic carbocycles. The van der Waals surface area contributed by atoms with Gasteiger partial charge in [0, 0.05) is 5.57 Å². The van der Waals surface area contributed by atoms with Crippen LogP contribution in [0, 0.1) is 22.7 Å². The number of thioether (sulfide) groups is 4. The number of hydrogen-bond donors (Lipinski definition) is 0. The number of carbonyl (C=O) groups excluding carboxylic acids is 2. The van der Waals surface area contributed by atoms with Gasteiger partial charge in [-0.05, 0) is 13.8 Å². The van der Waals surface area contributed by atoms with Gasteiger partial charge in [0.25, 0.3) is 0 Å². The third-order valence-electron chi connectivity index (χ3n) is 3.53. The fraction of sp³-hybridized carbons (Fsp3) is 0.222. The second-order valence-corrected chi connectivity index (χ2v) is 9.85. The fourth-order valence-corrected chi connectivity index (χ4v) is 7.62. The van der Waals surface area contributed by atoms with Gasteiger partial charge in [0.1, 0.15) is 29.7 Å². The lowest BCUT2D eigenvalue weighted by atomic mass is 10.3. The van der Waals surface area contributed by atoms with E-state index in [0.717, 1.165) is 18.9 Å². The number of hydrogen-bond acceptors (Lipinski definition) is 10. The predicted octanol–water partition coefficient (Wildman–Crippen LogP) is 4.75. The molecule has 0 atom stereocenters. The average Bonchev–Trinajstić information content (AvgIpc) is 3.33. The van der Waals surface area contributed by atoms with Crippen LogP contribution >= 0.6 is 47.0 Å². The summed E-state index contributed by atoms with van der Waals surface area (Å²) < 4.78 is 13.0. The molecule has 1 aromatic rings. The van der Waals surface area contributed by atoms with Gasteiger partial charge in [-0.2, -0.15) is 10.5 Å². The molecule has 2 heterocycles. The van der Waals surface area contributed by atoms with Gasteiger partial charge >= 0.3 is 0 Å². The maximum Gasteiger partial charge on any atom is 0.162 e. The summed E-state index contributed by atoms with van der Waals surface area (Å²) in [5.41, 5.74) is 0.625. The number of aldehydes is 2. The molecule has 0 radical (unpaired) electrons. The Balaban J connectivity index is 2.24. The molecule has 0 saturated heterocycles. The van der Waals surface area contributed by atoms with E-state index in [1.165, 1.54) is 47.0 Å². The minimum atomic E-state index is -0.128. The first-order chi connectivity index (χ1) is 13.6. The number of nitrogens with zero attached hydrogens (tertiary/aromatic N) is 2. The first kappa shape index (κ1) is 20.7. The van der Waals surface area contributed by atoms with Gasteiger partial charge in [-0.15, -0.1) is 0 Å². The van der Waals surface area contributed by atoms with Crippen molar-refractivity contribution in [2.75, 3.05) is 13.2 Å². The summed E-state index contributed by atoms with van der Waals surface area (Å²) in [5, 5.41) is 18.5. The minimum Gasteiger partial charge on any atom is -0.491 e. The van der Waals surface area contributed by atoms with Crippen LogP contribution in [0.25, 0.3) is 0 Å². The summed E-state index contributed by atoms with van der Waals surface area (Å²) in [4.78, 5) is 25.2. The molecule has 142 valence electrons. The molecule has 0 bridgehead atoms. The van der Waals surface area contributed by atoms with Gasteiger partial charge in [-0.25, -0.2) is 0 Å². The van der Waals surface area contributed by atoms with Crippen LogP contribution in [-0.2, 0) is 9.59 Å². The van der Waals surface area contributed by atoms with E-state index >= 15 is 0 Å². The van der Waals surface area contributed by atoms with Gasteiger partial charge < -0.3 is 9.47 Å². The molecule has 0 fully saturated rings. The Bertz CT molecular complexity index is 1020. The third kappa shape index (κ3) is 3.65. The molecule has 6 nitrogen and oxygen atoms in total. The molecule has 0 aromatic heterocycles. The van der Waals surface area contributed by atoms with Crippen molar-refractivity contribution in [3.63, 3.8) is 0 Å². The number of ether oxygens (including phenoxy) is 2. The van der Waals surface area contributed by atoms with E-state index in [2.05, 4.69) is 6.07 Å². The van der Waals surface area contributed by atoms with E-state index in [1.807, 2.05) is 13.0 Å². The van der Waals surface area contributed by atoms with E-state index in [1.54, 1.807) is 6.92 Å². The Kier molecular flexibility index (Phi) is 6.68. The molecule has 0 N–H and O–H groups in total. The van der Waals surface area contributed by atoms with Gasteiger partial charge in [0.15, 0.2) is 12.6 Å². The van der Waals surface area contributed by atoms with E-state index in [4.69, 9.17) is 9.47 Å². The smallest absolute Gasteiger partial charge is 0.162 e. The monoisotopic (exact) mass is 448 g/mol. The third-order valence-corrected chi connectivity index (χ3v) is 8.96. The Hall–Kier alpha value is -1.98. The zero-order valence-corrected chi connectivity index (χ0v) is 18.0. The van der Waals surface area contributed by atoms with Crippen LogP contribution in [0.15, 0.2) is 39.2 Å². The highest BCUT2D eigenvalue weighted by atomic mass is 32.2. The van der Waals surface area contributed by atoms with Gasteiger partial charge in [0.05, 0.1) is 40.7 Å². The summed E-state index contributed by atoms with van der Waals surface area (Å²) in [7, 11) is 0. The van der Waals surface area contributed by atoms with Gasteiger partial charge in [0.2, 0.25) is 0 Å². The van der Waals surface area contributed by atoms with Crippen LogP contribution in [0.1, 0.15) is 13.8 Å². The summed E-state index contributed by atoms with van der Waals surface area (Å²) in [6.07, 6.45) is 1.19. The van der Waals surface area contributed by atoms with Crippen molar-refractivity contribution >= 4 is 59.6 Å². The maximum atomic E-state index is 11.2. The highest BCUT2D eigenvalue weighted by molar-refractivity contribution is 8.26. The van der Waals surface area contributed by atoms with Crippen LogP contribution in [0.4, 0.5) is 0 Å². The summed E-state index contributed by atoms with van der Waals surface area (Å²) in [6.45, 7) is 3.92. The number of benzene rings is 1. The number of rotatable bonds is 6. The van der Waals surface area contributed by atoms with Crippen LogP contribution in [0.3, 0.4) is 0 Å². The molecule has 0 saturated carbocycles. The normalized spacial score (nSPS) is 17.7. The number of carbonyl (C=O) groups is 2. The fourth-order valence-electron chi connectivity index (χ4n) is 2.35. The number of fused-ring (bicyclic) bond motifs is 2. The molecule has 0 amide bonds. The molecular weight excluding hydrogens is 436 g/mol. The molecule has 1 aromatic carbocycles. The van der Waals surface area contributed by atoms with Crippen molar-refractivity contribution in [2.45, 2.75) is 33.4 Å². The Morgan fingerprint density at radius 3 is 1.89 bits per heavy atom. The maximum absolute atomic E-state index is 11.2. The van der Waals surface area contributed by atoms with Gasteiger partial charge in [-0.3, -0.25) is 9.59 Å². The molecular formula is C18H12N2O4S4. The lowest BCUT2D eigenvalue weighted by Crippen LogP contribution is -2.02. The van der Waals surface area contributed by atoms with Crippen molar-refractivity contribution in [3.8, 4) is 23.6 Å². The summed E-state index contributed by atoms with van der Waals surface area (Å²) >= 11 is 5.36. The Morgan fingerprint density at radius 2 is 1.46 bits per heavy atom. The largest absolute Gasteiger partial charge is 0.491 e. The Labute approximate surface area is 178 Å². The van der Waals surface area contributed by atoms with Crippen molar-refractivity contribution in [3.05, 3.63) is 19.6 Å². The van der Waals surface area contributed by atoms with Crippen molar-refractivity contribution in [1.29, 1.82) is 10.5 Å². The van der Waals surface area contributed by atoms with Crippen molar-refractivity contribution < 1.29 is 19.1 Å². The van der Waals surface area contributed by atoms with Crippen LogP contribution < -0.4 is 9.47 Å². The molecule has 2 aliphatic heterocycles. The molecule has 0 unspecified atom stereocenters. The second kappa shape index (κ2) is 9.01. The van der Waals surface area contributed by atoms with Crippen LogP contribution in [-0.4, -0.2) is 25.8 Å². The summed E-state index contributed by atoms with van der Waals surface area (Å²) in [5.74, 6) is 1.15. The van der Waals surface area contributed by atoms with E-state index in [-0.39, 0.29) is 12.2 Å². The highest BCUT2D eigenvalue weighted by Gasteiger charge is 2.37. The van der Waals surface area contributed by atoms with Crippen molar-refractivity contribution in [2.24, 2.45) is 0 Å². The molecule has 28 heavy (non-hydrogen) atoms. The van der Waals surface area contributed by atoms with E-state index in [0.29, 0.717) is 45.4 Å². The van der Waals surface area contributed by atoms with E-state index in [9.17, 15) is 20.1 Å². The topological polar surface area (TPSA) is 100 Å². The van der Waals surface area contributed by atoms with E-state index < -0.39 is 0 Å². The quantitative estimate of drug-likeness (QED) is 0.344. The Morgan fingerprint density at radius 1 is 0.929 bits per heavy atom. The van der Waals surface area contributed by atoms with Gasteiger partial charge in [-0.1, -0.05) is 47.0 Å². The summed E-state index contributed by atoms with van der Waals surface area (Å²) in [6, 6.07) is 4.07. The van der Waals surface area contributed by atoms with Crippen molar-refractivity contribution in [1.82, 2.24) is 0 Å². The lowest BCUT2D eigenvalue weighted by Gasteiger charge is -2.16. The second-order valence-electron chi connectivity index (χ2n) is 5.25. The molecule has 3 rings (SSSR count). The molecule has 2 aliphatic rings. The predicted molar refractivity (Wildman–Crippen MR) is 110 cm³/mol. The molecule has 0 spiro atoms. The lowest BCUT2D eigenvalue weighted by molar-refractivity contribution is -0.109. The minimum absolute atomic E-state index is 0.0383. The zero-order chi connectivity index (χ0) is 20.3. The number of allylic oxidation sites excluding steroid dienone is 2.